The molecule has 9 nitrogen and oxygen atoms in total. The van der Waals surface area contributed by atoms with E-state index in [9.17, 15) is 0 Å². The van der Waals surface area contributed by atoms with E-state index in [1.165, 1.54) is 105 Å². The van der Waals surface area contributed by atoms with Crippen molar-refractivity contribution in [2.75, 3.05) is 0 Å². The Morgan fingerprint density at radius 2 is 0.484 bits per heavy atom. The van der Waals surface area contributed by atoms with Gasteiger partial charge in [-0.25, -0.2) is 0 Å². The van der Waals surface area contributed by atoms with E-state index in [1.54, 1.807) is 0 Å². The molecular formula is C81H87IrN9. The third-order valence-electron chi connectivity index (χ3n) is 17.2. The van der Waals surface area contributed by atoms with Gasteiger partial charge in [0.1, 0.15) is 0 Å². The van der Waals surface area contributed by atoms with Crippen LogP contribution in [0.5, 0.6) is 0 Å². The van der Waals surface area contributed by atoms with Crippen molar-refractivity contribution < 1.29 is 20.1 Å². The molecule has 3 aromatic heterocycles. The Kier molecular flexibility index (Phi) is 22.8. The van der Waals surface area contributed by atoms with Crippen molar-refractivity contribution in [2.24, 2.45) is 0 Å². The molecule has 0 amide bonds. The number of rotatable bonds is 18. The van der Waals surface area contributed by atoms with Crippen LogP contribution < -0.4 is 0 Å². The van der Waals surface area contributed by atoms with E-state index in [0.717, 1.165) is 105 Å². The minimum absolute atomic E-state index is 0. The maximum Gasteiger partial charge on any atom is 0.169 e. The Morgan fingerprint density at radius 1 is 0.253 bits per heavy atom. The molecule has 1 radical (unpaired) electrons. The van der Waals surface area contributed by atoms with Crippen molar-refractivity contribution in [1.82, 2.24) is 44.3 Å². The Labute approximate surface area is 554 Å². The minimum atomic E-state index is 0. The van der Waals surface area contributed by atoms with Crippen LogP contribution in [-0.2, 0) is 39.4 Å². The van der Waals surface area contributed by atoms with Crippen molar-refractivity contribution in [3.63, 3.8) is 0 Å². The largest absolute Gasteiger partial charge is 0.275 e. The van der Waals surface area contributed by atoms with Crippen LogP contribution in [0, 0.1) is 62.3 Å². The van der Waals surface area contributed by atoms with Gasteiger partial charge in [0.2, 0.25) is 0 Å². The standard InChI is InChI=1S/3C27H29N3.Ir/c3*1-5-6-13-22-16-17-24(21(4)18-22)30-26(23-14-8-7-9-15-23)28-29-27(30)25-19(2)11-10-12-20(25)3;/h3*7-12,14-18H,5-6,13H2,1-4H3;. The van der Waals surface area contributed by atoms with Gasteiger partial charge in [0.25, 0.3) is 0 Å². The summed E-state index contributed by atoms with van der Waals surface area (Å²) in [7, 11) is 0. The zero-order chi connectivity index (χ0) is 63.3. The zero-order valence-electron chi connectivity index (χ0n) is 55.3. The van der Waals surface area contributed by atoms with Crippen LogP contribution in [0.3, 0.4) is 0 Å². The van der Waals surface area contributed by atoms with Gasteiger partial charge in [-0.05, 0) is 186 Å². The van der Waals surface area contributed by atoms with E-state index in [-0.39, 0.29) is 20.1 Å². The molecule has 0 bridgehead atoms. The molecule has 0 saturated heterocycles. The number of aromatic nitrogens is 9. The third kappa shape index (κ3) is 15.1. The van der Waals surface area contributed by atoms with E-state index >= 15 is 0 Å². The second-order valence-corrected chi connectivity index (χ2v) is 24.1. The molecule has 10 heteroatoms. The summed E-state index contributed by atoms with van der Waals surface area (Å²) in [6, 6.07) is 70.5. The van der Waals surface area contributed by atoms with E-state index in [1.807, 2.05) is 54.6 Å². The summed E-state index contributed by atoms with van der Waals surface area (Å²) in [5, 5.41) is 28.0. The molecule has 9 aromatic carbocycles. The molecule has 0 aliphatic heterocycles. The average molecular weight is 1380 g/mol. The van der Waals surface area contributed by atoms with Crippen LogP contribution in [0.1, 0.15) is 126 Å². The van der Waals surface area contributed by atoms with Crippen molar-refractivity contribution in [3.8, 4) is 85.4 Å². The second-order valence-electron chi connectivity index (χ2n) is 24.1. The number of hydrogen-bond donors (Lipinski definition) is 0. The normalized spacial score (nSPS) is 10.9. The van der Waals surface area contributed by atoms with E-state index in [2.05, 4.69) is 273 Å². The quantitative estimate of drug-likeness (QED) is 0.0850. The maximum absolute atomic E-state index is 4.69. The maximum atomic E-state index is 4.69. The zero-order valence-corrected chi connectivity index (χ0v) is 57.7. The molecule has 12 rings (SSSR count). The fourth-order valence-corrected chi connectivity index (χ4v) is 12.4. The van der Waals surface area contributed by atoms with Crippen LogP contribution in [0.25, 0.3) is 85.4 Å². The summed E-state index contributed by atoms with van der Waals surface area (Å²) in [5.41, 5.74) is 25.2. The molecule has 0 aliphatic carbocycles. The van der Waals surface area contributed by atoms with Gasteiger partial charge in [-0.3, -0.25) is 13.7 Å². The number of benzene rings is 9. The smallest absolute Gasteiger partial charge is 0.169 e. The molecule has 12 aromatic rings. The second kappa shape index (κ2) is 31.2. The Hall–Kier alpha value is -8.95. The van der Waals surface area contributed by atoms with Crippen LogP contribution in [0.2, 0.25) is 0 Å². The molecule has 0 N–H and O–H groups in total. The van der Waals surface area contributed by atoms with Crippen molar-refractivity contribution >= 4 is 0 Å². The third-order valence-corrected chi connectivity index (χ3v) is 17.2. The molecule has 0 aliphatic rings. The molecule has 0 fully saturated rings. The molecular weight excluding hydrogens is 1290 g/mol. The monoisotopic (exact) mass is 1380 g/mol. The van der Waals surface area contributed by atoms with Crippen LogP contribution in [0.15, 0.2) is 200 Å². The van der Waals surface area contributed by atoms with E-state index in [0.29, 0.717) is 0 Å². The first-order valence-electron chi connectivity index (χ1n) is 32.3. The van der Waals surface area contributed by atoms with Gasteiger partial charge < -0.3 is 0 Å². The Morgan fingerprint density at radius 3 is 0.703 bits per heavy atom. The molecule has 0 spiro atoms. The molecule has 0 atom stereocenters. The first-order valence-corrected chi connectivity index (χ1v) is 32.3. The Balaban J connectivity index is 0.000000161. The van der Waals surface area contributed by atoms with Gasteiger partial charge in [0, 0.05) is 53.5 Å². The van der Waals surface area contributed by atoms with E-state index < -0.39 is 0 Å². The van der Waals surface area contributed by atoms with Crippen LogP contribution in [0.4, 0.5) is 0 Å². The molecule has 0 unspecified atom stereocenters. The van der Waals surface area contributed by atoms with Crippen LogP contribution in [-0.4, -0.2) is 44.3 Å². The van der Waals surface area contributed by atoms with Gasteiger partial charge in [-0.15, -0.1) is 30.6 Å². The summed E-state index contributed by atoms with van der Waals surface area (Å²) in [6.45, 7) is 26.1. The minimum Gasteiger partial charge on any atom is -0.275 e. The first kappa shape index (κ1) is 66.5. The predicted octanol–water partition coefficient (Wildman–Crippen LogP) is 20.6. The number of nitrogens with zero attached hydrogens (tertiary/aromatic N) is 9. The first-order chi connectivity index (χ1) is 43.8. The average Bonchev–Trinajstić information content (AvgIpc) is 1.74. The number of unbranched alkanes of at least 4 members (excludes halogenated alkanes) is 3. The van der Waals surface area contributed by atoms with Crippen molar-refractivity contribution in [3.05, 3.63) is 267 Å². The Bertz CT molecular complexity index is 3860. The van der Waals surface area contributed by atoms with Gasteiger partial charge in [-0.1, -0.05) is 222 Å². The fraction of sp³-hybridized carbons (Fsp3) is 0.259. The van der Waals surface area contributed by atoms with Gasteiger partial charge >= 0.3 is 0 Å². The SMILES string of the molecule is CCCCc1ccc(-n2c(-c3ccccc3)nnc2-c2c(C)cccc2C)c(C)c1.CCCCc1ccc(-n2c(-c3ccccc3)nnc2-c2c(C)cccc2C)c(C)c1.CCCCc1ccc(-n2c(-c3ccccc3)nnc2-c2c(C)cccc2C)c(C)c1.[Ir]. The number of hydrogen-bond acceptors (Lipinski definition) is 6. The molecule has 91 heavy (non-hydrogen) atoms. The van der Waals surface area contributed by atoms with Gasteiger partial charge in [0.15, 0.2) is 34.9 Å². The summed E-state index contributed by atoms with van der Waals surface area (Å²) in [5.74, 6) is 5.31. The van der Waals surface area contributed by atoms with Crippen LogP contribution >= 0.6 is 0 Å². The summed E-state index contributed by atoms with van der Waals surface area (Å²) < 4.78 is 6.68. The van der Waals surface area contributed by atoms with Gasteiger partial charge in [-0.2, -0.15) is 0 Å². The van der Waals surface area contributed by atoms with Crippen molar-refractivity contribution in [1.29, 1.82) is 0 Å². The summed E-state index contributed by atoms with van der Waals surface area (Å²) in [6.07, 6.45) is 10.6. The molecule has 465 valence electrons. The summed E-state index contributed by atoms with van der Waals surface area (Å²) >= 11 is 0. The summed E-state index contributed by atoms with van der Waals surface area (Å²) in [4.78, 5) is 0. The predicted molar refractivity (Wildman–Crippen MR) is 375 cm³/mol. The van der Waals surface area contributed by atoms with Gasteiger partial charge in [0.05, 0.1) is 17.1 Å². The number of aryl methyl sites for hydroxylation is 12. The molecule has 3 heterocycles. The van der Waals surface area contributed by atoms with E-state index in [4.69, 9.17) is 0 Å². The van der Waals surface area contributed by atoms with Crippen molar-refractivity contribution in [2.45, 2.75) is 141 Å². The topological polar surface area (TPSA) is 92.1 Å². The molecule has 0 saturated carbocycles. The fourth-order valence-electron chi connectivity index (χ4n) is 12.4.